The molecule has 1 amide bonds. The van der Waals surface area contributed by atoms with Crippen molar-refractivity contribution >= 4 is 5.91 Å². The molecule has 122 valence electrons. The molecule has 3 rings (SSSR count). The monoisotopic (exact) mass is 313 g/mol. The highest BCUT2D eigenvalue weighted by atomic mass is 16.5. The van der Waals surface area contributed by atoms with E-state index in [4.69, 9.17) is 4.74 Å². The second kappa shape index (κ2) is 6.07. The van der Waals surface area contributed by atoms with Crippen molar-refractivity contribution in [3.05, 3.63) is 47.3 Å². The van der Waals surface area contributed by atoms with E-state index in [9.17, 15) is 4.79 Å². The fraction of sp³-hybridized carbons (Fsp3) is 0.444. The molecular weight excluding hydrogens is 290 g/mol. The molecule has 0 atom stereocenters. The minimum absolute atomic E-state index is 0.0262. The first-order chi connectivity index (χ1) is 11.0. The lowest BCUT2D eigenvalue weighted by atomic mass is 10.1. The third-order valence-electron chi connectivity index (χ3n) is 4.21. The number of para-hydroxylation sites is 1. The number of carbonyl (C=O) groups is 1. The summed E-state index contributed by atoms with van der Waals surface area (Å²) >= 11 is 0. The van der Waals surface area contributed by atoms with Crippen LogP contribution in [-0.2, 0) is 0 Å². The fourth-order valence-electron chi connectivity index (χ4n) is 2.74. The van der Waals surface area contributed by atoms with E-state index in [-0.39, 0.29) is 18.1 Å². The minimum atomic E-state index is 0.0262. The van der Waals surface area contributed by atoms with Crippen molar-refractivity contribution in [2.24, 2.45) is 0 Å². The molecule has 23 heavy (non-hydrogen) atoms. The zero-order valence-electron chi connectivity index (χ0n) is 14.1. The van der Waals surface area contributed by atoms with E-state index < -0.39 is 0 Å². The SMILES string of the molecule is Cc1cccc(C)c1OC1CN(C(=O)c2cnn(C(C)C)c2)C1. The Labute approximate surface area is 136 Å². The van der Waals surface area contributed by atoms with Crippen LogP contribution in [0.15, 0.2) is 30.6 Å². The van der Waals surface area contributed by atoms with Gasteiger partial charge >= 0.3 is 0 Å². The summed E-state index contributed by atoms with van der Waals surface area (Å²) in [7, 11) is 0. The number of aromatic nitrogens is 2. The Morgan fingerprint density at radius 1 is 1.26 bits per heavy atom. The molecule has 5 nitrogen and oxygen atoms in total. The molecule has 1 aliphatic rings. The van der Waals surface area contributed by atoms with E-state index in [1.807, 2.05) is 52.1 Å². The standard InChI is InChI=1S/C18H23N3O2/c1-12(2)21-9-15(8-19-21)18(22)20-10-16(11-20)23-17-13(3)6-5-7-14(17)4/h5-9,12,16H,10-11H2,1-4H3. The first-order valence-corrected chi connectivity index (χ1v) is 8.02. The first kappa shape index (κ1) is 15.6. The van der Waals surface area contributed by atoms with Gasteiger partial charge in [0.05, 0.1) is 24.8 Å². The summed E-state index contributed by atoms with van der Waals surface area (Å²) in [6.07, 6.45) is 3.52. The number of carbonyl (C=O) groups excluding carboxylic acids is 1. The molecular formula is C18H23N3O2. The summed E-state index contributed by atoms with van der Waals surface area (Å²) in [6, 6.07) is 6.38. The third-order valence-corrected chi connectivity index (χ3v) is 4.21. The van der Waals surface area contributed by atoms with Crippen LogP contribution >= 0.6 is 0 Å². The van der Waals surface area contributed by atoms with Crippen LogP contribution in [-0.4, -0.2) is 39.8 Å². The quantitative estimate of drug-likeness (QED) is 0.872. The smallest absolute Gasteiger partial charge is 0.257 e. The molecule has 0 spiro atoms. The largest absolute Gasteiger partial charge is 0.486 e. The highest BCUT2D eigenvalue weighted by Gasteiger charge is 2.33. The van der Waals surface area contributed by atoms with Gasteiger partial charge < -0.3 is 9.64 Å². The average molecular weight is 313 g/mol. The number of rotatable bonds is 4. The van der Waals surface area contributed by atoms with E-state index in [1.165, 1.54) is 0 Å². The van der Waals surface area contributed by atoms with E-state index in [1.54, 1.807) is 15.8 Å². The van der Waals surface area contributed by atoms with Crippen LogP contribution in [0.1, 0.15) is 41.4 Å². The molecule has 0 radical (unpaired) electrons. The molecule has 0 aliphatic carbocycles. The van der Waals surface area contributed by atoms with Crippen LogP contribution in [0.3, 0.4) is 0 Å². The predicted octanol–water partition coefficient (Wildman–Crippen LogP) is 2.98. The minimum Gasteiger partial charge on any atom is -0.486 e. The third kappa shape index (κ3) is 3.09. The lowest BCUT2D eigenvalue weighted by molar-refractivity contribution is 0.0173. The van der Waals surface area contributed by atoms with Crippen molar-refractivity contribution in [2.75, 3.05) is 13.1 Å². The van der Waals surface area contributed by atoms with E-state index in [0.29, 0.717) is 18.7 Å². The van der Waals surface area contributed by atoms with Gasteiger partial charge in [-0.25, -0.2) is 0 Å². The number of nitrogens with zero attached hydrogens (tertiary/aromatic N) is 3. The fourth-order valence-corrected chi connectivity index (χ4v) is 2.74. The summed E-state index contributed by atoms with van der Waals surface area (Å²) in [6.45, 7) is 9.42. The molecule has 0 unspecified atom stereocenters. The number of likely N-dealkylation sites (tertiary alicyclic amines) is 1. The predicted molar refractivity (Wildman–Crippen MR) is 88.8 cm³/mol. The molecule has 2 aromatic rings. The van der Waals surface area contributed by atoms with E-state index >= 15 is 0 Å². The zero-order valence-corrected chi connectivity index (χ0v) is 14.1. The van der Waals surface area contributed by atoms with Crippen LogP contribution in [0.2, 0.25) is 0 Å². The van der Waals surface area contributed by atoms with Gasteiger partial charge in [-0.15, -0.1) is 0 Å². The summed E-state index contributed by atoms with van der Waals surface area (Å²) in [5.74, 6) is 0.968. The Bertz CT molecular complexity index is 695. The number of hydrogen-bond donors (Lipinski definition) is 0. The molecule has 0 N–H and O–H groups in total. The maximum Gasteiger partial charge on any atom is 0.257 e. The van der Waals surface area contributed by atoms with Gasteiger partial charge in [0.2, 0.25) is 0 Å². The van der Waals surface area contributed by atoms with E-state index in [0.717, 1.165) is 16.9 Å². The van der Waals surface area contributed by atoms with Gasteiger partial charge in [0.1, 0.15) is 11.9 Å². The molecule has 0 saturated carbocycles. The van der Waals surface area contributed by atoms with Gasteiger partial charge in [0, 0.05) is 12.2 Å². The van der Waals surface area contributed by atoms with Gasteiger partial charge in [0.25, 0.3) is 5.91 Å². The molecule has 1 fully saturated rings. The molecule has 1 aromatic heterocycles. The van der Waals surface area contributed by atoms with Crippen LogP contribution < -0.4 is 4.74 Å². The Hall–Kier alpha value is -2.30. The summed E-state index contributed by atoms with van der Waals surface area (Å²) in [4.78, 5) is 14.2. The highest BCUT2D eigenvalue weighted by Crippen LogP contribution is 2.26. The van der Waals surface area contributed by atoms with Crippen molar-refractivity contribution in [3.8, 4) is 5.75 Å². The summed E-state index contributed by atoms with van der Waals surface area (Å²) in [5, 5.41) is 4.23. The highest BCUT2D eigenvalue weighted by molar-refractivity contribution is 5.94. The van der Waals surface area contributed by atoms with Gasteiger partial charge in [-0.3, -0.25) is 9.48 Å². The van der Waals surface area contributed by atoms with Gasteiger partial charge in [-0.2, -0.15) is 5.10 Å². The zero-order chi connectivity index (χ0) is 16.6. The van der Waals surface area contributed by atoms with Crippen molar-refractivity contribution in [3.63, 3.8) is 0 Å². The second-order valence-corrected chi connectivity index (χ2v) is 6.47. The molecule has 1 aliphatic heterocycles. The van der Waals surface area contributed by atoms with Crippen LogP contribution in [0.25, 0.3) is 0 Å². The average Bonchev–Trinajstić information content (AvgIpc) is 2.94. The topological polar surface area (TPSA) is 47.4 Å². The van der Waals surface area contributed by atoms with Crippen molar-refractivity contribution < 1.29 is 9.53 Å². The Balaban J connectivity index is 1.59. The van der Waals surface area contributed by atoms with Crippen LogP contribution in [0, 0.1) is 13.8 Å². The lowest BCUT2D eigenvalue weighted by Crippen LogP contribution is -2.56. The number of benzene rings is 1. The molecule has 1 aromatic carbocycles. The van der Waals surface area contributed by atoms with Gasteiger partial charge in [-0.05, 0) is 38.8 Å². The van der Waals surface area contributed by atoms with E-state index in [2.05, 4.69) is 5.10 Å². The number of ether oxygens (including phenoxy) is 1. The van der Waals surface area contributed by atoms with Crippen LogP contribution in [0.5, 0.6) is 5.75 Å². The molecule has 1 saturated heterocycles. The van der Waals surface area contributed by atoms with Crippen molar-refractivity contribution in [1.82, 2.24) is 14.7 Å². The number of aryl methyl sites for hydroxylation is 2. The summed E-state index contributed by atoms with van der Waals surface area (Å²) in [5.41, 5.74) is 2.91. The number of hydrogen-bond acceptors (Lipinski definition) is 3. The van der Waals surface area contributed by atoms with Crippen LogP contribution in [0.4, 0.5) is 0 Å². The second-order valence-electron chi connectivity index (χ2n) is 6.47. The Morgan fingerprint density at radius 2 is 1.91 bits per heavy atom. The summed E-state index contributed by atoms with van der Waals surface area (Å²) < 4.78 is 7.86. The Morgan fingerprint density at radius 3 is 2.48 bits per heavy atom. The van der Waals surface area contributed by atoms with Crippen molar-refractivity contribution in [1.29, 1.82) is 0 Å². The van der Waals surface area contributed by atoms with Gasteiger partial charge in [-0.1, -0.05) is 18.2 Å². The maximum absolute atomic E-state index is 12.4. The first-order valence-electron chi connectivity index (χ1n) is 8.02. The maximum atomic E-state index is 12.4. The lowest BCUT2D eigenvalue weighted by Gasteiger charge is -2.39. The van der Waals surface area contributed by atoms with Gasteiger partial charge in [0.15, 0.2) is 0 Å². The molecule has 2 heterocycles. The Kier molecular flexibility index (Phi) is 4.11. The molecule has 5 heteroatoms. The normalized spacial score (nSPS) is 14.9. The van der Waals surface area contributed by atoms with Crippen molar-refractivity contribution in [2.45, 2.75) is 39.8 Å². The molecule has 0 bridgehead atoms. The number of amides is 1.